The summed E-state index contributed by atoms with van der Waals surface area (Å²) in [6.45, 7) is 5.54. The van der Waals surface area contributed by atoms with Crippen molar-refractivity contribution in [2.75, 3.05) is 25.5 Å². The summed E-state index contributed by atoms with van der Waals surface area (Å²) in [5, 5.41) is 6.17. The summed E-state index contributed by atoms with van der Waals surface area (Å²) in [5.41, 5.74) is 1.81. The lowest BCUT2D eigenvalue weighted by Gasteiger charge is -2.10. The maximum atomic E-state index is 12.1. The fourth-order valence-electron chi connectivity index (χ4n) is 2.23. The van der Waals surface area contributed by atoms with Crippen molar-refractivity contribution in [2.24, 2.45) is 5.92 Å². The highest BCUT2D eigenvalue weighted by Gasteiger charge is 2.07. The fraction of sp³-hybridized carbons (Fsp3) is 0.368. The average Bonchev–Trinajstić information content (AvgIpc) is 2.60. The molecule has 1 aromatic carbocycles. The molecule has 0 unspecified atom stereocenters. The molecule has 1 heterocycles. The van der Waals surface area contributed by atoms with Crippen LogP contribution in [0.4, 0.5) is 5.82 Å². The smallest absolute Gasteiger partial charge is 0.251 e. The summed E-state index contributed by atoms with van der Waals surface area (Å²) in [6, 6.07) is 11.5. The van der Waals surface area contributed by atoms with Crippen LogP contribution in [0.5, 0.6) is 5.75 Å². The van der Waals surface area contributed by atoms with Crippen molar-refractivity contribution in [1.29, 1.82) is 0 Å². The highest BCUT2D eigenvalue weighted by molar-refractivity contribution is 5.94. The number of hydrogen-bond acceptors (Lipinski definition) is 4. The standard InChI is InChI=1S/C19H25N3O2/c1-14(2)13-22-19(23)16-8-10-21-18(12-16)20-9-7-15-5-4-6-17(11-15)24-3/h4-6,8,10-12,14H,7,9,13H2,1-3H3,(H,20,21)(H,22,23). The van der Waals surface area contributed by atoms with E-state index in [2.05, 4.69) is 35.5 Å². The van der Waals surface area contributed by atoms with Crippen molar-refractivity contribution < 1.29 is 9.53 Å². The van der Waals surface area contributed by atoms with Crippen LogP contribution in [-0.4, -0.2) is 31.1 Å². The third-order valence-corrected chi connectivity index (χ3v) is 3.55. The minimum absolute atomic E-state index is 0.0676. The SMILES string of the molecule is COc1cccc(CCNc2cc(C(=O)NCC(C)C)ccn2)c1. The Labute approximate surface area is 143 Å². The number of nitrogens with zero attached hydrogens (tertiary/aromatic N) is 1. The van der Waals surface area contributed by atoms with Gasteiger partial charge in [-0.3, -0.25) is 4.79 Å². The first kappa shape index (κ1) is 17.8. The highest BCUT2D eigenvalue weighted by atomic mass is 16.5. The third-order valence-electron chi connectivity index (χ3n) is 3.55. The normalized spacial score (nSPS) is 10.5. The van der Waals surface area contributed by atoms with Crippen LogP contribution in [-0.2, 0) is 6.42 Å². The van der Waals surface area contributed by atoms with Gasteiger partial charge in [0.25, 0.3) is 5.91 Å². The maximum Gasteiger partial charge on any atom is 0.251 e. The van der Waals surface area contributed by atoms with E-state index in [0.29, 0.717) is 23.8 Å². The molecule has 0 saturated carbocycles. The molecule has 24 heavy (non-hydrogen) atoms. The molecule has 1 aromatic heterocycles. The zero-order valence-corrected chi connectivity index (χ0v) is 14.5. The van der Waals surface area contributed by atoms with Gasteiger partial charge in [0.1, 0.15) is 11.6 Å². The maximum absolute atomic E-state index is 12.1. The monoisotopic (exact) mass is 327 g/mol. The van der Waals surface area contributed by atoms with Crippen LogP contribution < -0.4 is 15.4 Å². The zero-order valence-electron chi connectivity index (χ0n) is 14.5. The Morgan fingerprint density at radius 1 is 1.25 bits per heavy atom. The van der Waals surface area contributed by atoms with Gasteiger partial charge < -0.3 is 15.4 Å². The largest absolute Gasteiger partial charge is 0.497 e. The number of carbonyl (C=O) groups is 1. The zero-order chi connectivity index (χ0) is 17.4. The number of nitrogens with one attached hydrogen (secondary N) is 2. The summed E-state index contributed by atoms with van der Waals surface area (Å²) >= 11 is 0. The Hall–Kier alpha value is -2.56. The highest BCUT2D eigenvalue weighted by Crippen LogP contribution is 2.13. The predicted molar refractivity (Wildman–Crippen MR) is 96.6 cm³/mol. The molecule has 5 nitrogen and oxygen atoms in total. The number of amides is 1. The number of anilines is 1. The fourth-order valence-corrected chi connectivity index (χ4v) is 2.23. The summed E-state index contributed by atoms with van der Waals surface area (Å²) in [4.78, 5) is 16.4. The van der Waals surface area contributed by atoms with E-state index in [9.17, 15) is 4.79 Å². The molecular formula is C19H25N3O2. The molecule has 0 spiro atoms. The molecule has 2 N–H and O–H groups in total. The van der Waals surface area contributed by atoms with Gasteiger partial charge in [-0.2, -0.15) is 0 Å². The number of hydrogen-bond donors (Lipinski definition) is 2. The summed E-state index contributed by atoms with van der Waals surface area (Å²) < 4.78 is 5.22. The topological polar surface area (TPSA) is 63.2 Å². The lowest BCUT2D eigenvalue weighted by Crippen LogP contribution is -2.27. The van der Waals surface area contributed by atoms with E-state index in [1.54, 1.807) is 25.4 Å². The van der Waals surface area contributed by atoms with Gasteiger partial charge in [0.2, 0.25) is 0 Å². The van der Waals surface area contributed by atoms with Gasteiger partial charge in [-0.1, -0.05) is 26.0 Å². The van der Waals surface area contributed by atoms with E-state index in [1.807, 2.05) is 18.2 Å². The number of benzene rings is 1. The van der Waals surface area contributed by atoms with Crippen LogP contribution in [0.2, 0.25) is 0 Å². The van der Waals surface area contributed by atoms with Crippen LogP contribution in [0, 0.1) is 5.92 Å². The first-order valence-corrected chi connectivity index (χ1v) is 8.19. The molecule has 0 fully saturated rings. The first-order chi connectivity index (χ1) is 11.6. The summed E-state index contributed by atoms with van der Waals surface area (Å²) in [5.74, 6) is 1.92. The van der Waals surface area contributed by atoms with Crippen molar-refractivity contribution in [1.82, 2.24) is 10.3 Å². The van der Waals surface area contributed by atoms with Crippen LogP contribution in [0.15, 0.2) is 42.6 Å². The number of pyridine rings is 1. The van der Waals surface area contributed by atoms with Gasteiger partial charge in [-0.05, 0) is 42.2 Å². The molecular weight excluding hydrogens is 302 g/mol. The predicted octanol–water partition coefficient (Wildman–Crippen LogP) is 3.13. The first-order valence-electron chi connectivity index (χ1n) is 8.19. The molecule has 0 bridgehead atoms. The minimum atomic E-state index is -0.0676. The van der Waals surface area contributed by atoms with Crippen LogP contribution >= 0.6 is 0 Å². The van der Waals surface area contributed by atoms with Gasteiger partial charge in [-0.15, -0.1) is 0 Å². The number of ether oxygens (including phenoxy) is 1. The summed E-state index contributed by atoms with van der Waals surface area (Å²) in [6.07, 6.45) is 2.50. The number of carbonyl (C=O) groups excluding carboxylic acids is 1. The molecule has 128 valence electrons. The second kappa shape index (κ2) is 8.91. The Balaban J connectivity index is 1.88. The molecule has 0 atom stereocenters. The van der Waals surface area contributed by atoms with Crippen molar-refractivity contribution in [2.45, 2.75) is 20.3 Å². The van der Waals surface area contributed by atoms with E-state index in [1.165, 1.54) is 5.56 Å². The molecule has 0 radical (unpaired) electrons. The second-order valence-electron chi connectivity index (χ2n) is 6.06. The van der Waals surface area contributed by atoms with Gasteiger partial charge in [0.05, 0.1) is 7.11 Å². The molecule has 2 aromatic rings. The number of aromatic nitrogens is 1. The Morgan fingerprint density at radius 2 is 2.08 bits per heavy atom. The third kappa shape index (κ3) is 5.57. The molecule has 0 aliphatic carbocycles. The molecule has 1 amide bonds. The molecule has 0 aliphatic rings. The van der Waals surface area contributed by atoms with Gasteiger partial charge >= 0.3 is 0 Å². The number of methoxy groups -OCH3 is 1. The van der Waals surface area contributed by atoms with Crippen LogP contribution in [0.3, 0.4) is 0 Å². The van der Waals surface area contributed by atoms with E-state index in [-0.39, 0.29) is 5.91 Å². The van der Waals surface area contributed by atoms with Gasteiger partial charge in [-0.25, -0.2) is 4.98 Å². The molecule has 0 aliphatic heterocycles. The lowest BCUT2D eigenvalue weighted by molar-refractivity contribution is 0.0949. The minimum Gasteiger partial charge on any atom is -0.497 e. The van der Waals surface area contributed by atoms with Gasteiger partial charge in [0, 0.05) is 24.8 Å². The Kier molecular flexibility index (Phi) is 6.61. The lowest BCUT2D eigenvalue weighted by atomic mass is 10.1. The van der Waals surface area contributed by atoms with Crippen molar-refractivity contribution >= 4 is 11.7 Å². The van der Waals surface area contributed by atoms with Crippen molar-refractivity contribution in [3.05, 3.63) is 53.7 Å². The van der Waals surface area contributed by atoms with Crippen molar-refractivity contribution in [3.8, 4) is 5.75 Å². The van der Waals surface area contributed by atoms with Gasteiger partial charge in [0.15, 0.2) is 0 Å². The molecule has 0 saturated heterocycles. The quantitative estimate of drug-likeness (QED) is 0.782. The van der Waals surface area contributed by atoms with E-state index < -0.39 is 0 Å². The Bertz CT molecular complexity index is 671. The van der Waals surface area contributed by atoms with E-state index in [4.69, 9.17) is 4.74 Å². The number of rotatable bonds is 8. The van der Waals surface area contributed by atoms with E-state index in [0.717, 1.165) is 18.7 Å². The second-order valence-corrected chi connectivity index (χ2v) is 6.06. The summed E-state index contributed by atoms with van der Waals surface area (Å²) in [7, 11) is 1.66. The van der Waals surface area contributed by atoms with Crippen LogP contribution in [0.25, 0.3) is 0 Å². The van der Waals surface area contributed by atoms with Crippen LogP contribution in [0.1, 0.15) is 29.8 Å². The average molecular weight is 327 g/mol. The molecule has 5 heteroatoms. The van der Waals surface area contributed by atoms with E-state index >= 15 is 0 Å². The van der Waals surface area contributed by atoms with Crippen molar-refractivity contribution in [3.63, 3.8) is 0 Å². The molecule has 2 rings (SSSR count). The Morgan fingerprint density at radius 3 is 2.83 bits per heavy atom.